The largest absolute Gasteiger partial charge is 0.416 e. The summed E-state index contributed by atoms with van der Waals surface area (Å²) in [7, 11) is 1.49. The molecule has 1 aromatic carbocycles. The lowest BCUT2D eigenvalue weighted by Crippen LogP contribution is -2.24. The van der Waals surface area contributed by atoms with E-state index in [1.165, 1.54) is 11.9 Å². The predicted octanol–water partition coefficient (Wildman–Crippen LogP) is 4.58. The minimum absolute atomic E-state index is 0.00727. The number of imidazole rings is 1. The number of rotatable bonds is 7. The number of fused-ring (bicyclic) bond motifs is 1. The fourth-order valence-corrected chi connectivity index (χ4v) is 3.86. The van der Waals surface area contributed by atoms with Gasteiger partial charge in [0, 0.05) is 31.6 Å². The Bertz CT molecular complexity index is 1340. The molecule has 0 aliphatic heterocycles. The van der Waals surface area contributed by atoms with Gasteiger partial charge in [0.25, 0.3) is 5.95 Å². The minimum atomic E-state index is -4.95. The van der Waals surface area contributed by atoms with E-state index in [9.17, 15) is 26.3 Å². The molecule has 0 aliphatic rings. The van der Waals surface area contributed by atoms with Gasteiger partial charge < -0.3 is 9.47 Å². The van der Waals surface area contributed by atoms with Crippen molar-refractivity contribution in [3.63, 3.8) is 0 Å². The van der Waals surface area contributed by atoms with E-state index in [-0.39, 0.29) is 30.7 Å². The molecule has 0 N–H and O–H groups in total. The van der Waals surface area contributed by atoms with Crippen molar-refractivity contribution >= 4 is 17.1 Å². The summed E-state index contributed by atoms with van der Waals surface area (Å²) < 4.78 is 82.0. The number of tetrazole rings is 1. The highest BCUT2D eigenvalue weighted by Gasteiger charge is 2.37. The van der Waals surface area contributed by atoms with Gasteiger partial charge >= 0.3 is 12.4 Å². The van der Waals surface area contributed by atoms with Gasteiger partial charge in [0.05, 0.1) is 24.4 Å². The topological polar surface area (TPSA) is 77.6 Å². The molecule has 4 rings (SSSR count). The van der Waals surface area contributed by atoms with Crippen molar-refractivity contribution < 1.29 is 26.3 Å². The quantitative estimate of drug-likeness (QED) is 0.338. The summed E-state index contributed by atoms with van der Waals surface area (Å²) >= 11 is 0. The molecule has 0 atom stereocenters. The number of anilines is 1. The highest BCUT2D eigenvalue weighted by molar-refractivity contribution is 5.72. The van der Waals surface area contributed by atoms with Crippen molar-refractivity contribution in [2.75, 3.05) is 4.90 Å². The van der Waals surface area contributed by atoms with E-state index in [4.69, 9.17) is 0 Å². The Kier molecular flexibility index (Phi) is 6.62. The lowest BCUT2D eigenvalue weighted by molar-refractivity contribution is -0.143. The van der Waals surface area contributed by atoms with Crippen LogP contribution in [0.4, 0.5) is 32.3 Å². The molecule has 191 valence electrons. The van der Waals surface area contributed by atoms with E-state index in [0.29, 0.717) is 41.8 Å². The smallest absolute Gasteiger partial charge is 0.329 e. The summed E-state index contributed by atoms with van der Waals surface area (Å²) in [5, 5.41) is 11.7. The van der Waals surface area contributed by atoms with Crippen LogP contribution in [0.1, 0.15) is 41.9 Å². The number of nitrogens with zero attached hydrogens (tertiary/aromatic N) is 8. The highest BCUT2D eigenvalue weighted by Crippen LogP contribution is 2.36. The zero-order chi connectivity index (χ0) is 26.3. The second-order valence-corrected chi connectivity index (χ2v) is 8.08. The lowest BCUT2D eigenvalue weighted by Gasteiger charge is -2.22. The summed E-state index contributed by atoms with van der Waals surface area (Å²) in [5.41, 5.74) is -1.27. The molecular formula is C22H21F6N8. The number of aryl methyl sites for hydroxylation is 3. The van der Waals surface area contributed by atoms with Crippen molar-refractivity contribution in [2.24, 2.45) is 7.05 Å². The number of alkyl halides is 6. The molecule has 3 aromatic heterocycles. The molecule has 0 fully saturated rings. The first kappa shape index (κ1) is 25.4. The Morgan fingerprint density at radius 3 is 2.14 bits per heavy atom. The Morgan fingerprint density at radius 2 is 1.61 bits per heavy atom. The normalized spacial score (nSPS) is 12.5. The van der Waals surface area contributed by atoms with Gasteiger partial charge in [0.1, 0.15) is 11.3 Å². The maximum absolute atomic E-state index is 13.3. The van der Waals surface area contributed by atoms with E-state index < -0.39 is 23.5 Å². The molecule has 0 unspecified atom stereocenters. The average Bonchev–Trinajstić information content (AvgIpc) is 3.39. The van der Waals surface area contributed by atoms with Gasteiger partial charge in [-0.25, -0.2) is 9.97 Å². The number of hydrogen-bond donors (Lipinski definition) is 0. The Labute approximate surface area is 201 Å². The van der Waals surface area contributed by atoms with Gasteiger partial charge in [-0.05, 0) is 42.0 Å². The van der Waals surface area contributed by atoms with Gasteiger partial charge in [-0.3, -0.25) is 0 Å². The molecular weight excluding hydrogens is 490 g/mol. The zero-order valence-corrected chi connectivity index (χ0v) is 19.5. The van der Waals surface area contributed by atoms with Crippen molar-refractivity contribution in [3.05, 3.63) is 58.5 Å². The van der Waals surface area contributed by atoms with Gasteiger partial charge in [0.15, 0.2) is 5.65 Å². The number of benzene rings is 1. The van der Waals surface area contributed by atoms with Crippen LogP contribution in [0.15, 0.2) is 24.3 Å². The van der Waals surface area contributed by atoms with Crippen LogP contribution in [0.2, 0.25) is 0 Å². The van der Waals surface area contributed by atoms with Crippen molar-refractivity contribution in [1.29, 1.82) is 0 Å². The summed E-state index contributed by atoms with van der Waals surface area (Å²) in [6.45, 7) is 4.22. The molecule has 36 heavy (non-hydrogen) atoms. The lowest BCUT2D eigenvalue weighted by atomic mass is 10.0. The van der Waals surface area contributed by atoms with Crippen molar-refractivity contribution in [1.82, 2.24) is 34.7 Å². The maximum atomic E-state index is 13.3. The highest BCUT2D eigenvalue weighted by atomic mass is 19.4. The molecule has 4 aromatic rings. The van der Waals surface area contributed by atoms with Gasteiger partial charge in [-0.2, -0.15) is 31.1 Å². The first-order chi connectivity index (χ1) is 16.9. The fraction of sp³-hybridized carbons (Fsp3) is 0.409. The van der Waals surface area contributed by atoms with Crippen molar-refractivity contribution in [2.45, 2.75) is 52.3 Å². The molecule has 0 spiro atoms. The van der Waals surface area contributed by atoms with E-state index >= 15 is 0 Å². The molecule has 0 saturated carbocycles. The molecule has 0 bridgehead atoms. The van der Waals surface area contributed by atoms with Crippen LogP contribution >= 0.6 is 0 Å². The molecule has 8 nitrogen and oxygen atoms in total. The van der Waals surface area contributed by atoms with Crippen molar-refractivity contribution in [3.8, 4) is 0 Å². The second kappa shape index (κ2) is 9.39. The predicted molar refractivity (Wildman–Crippen MR) is 117 cm³/mol. The molecule has 0 amide bonds. The monoisotopic (exact) mass is 511 g/mol. The zero-order valence-electron chi connectivity index (χ0n) is 19.5. The van der Waals surface area contributed by atoms with Crippen LogP contribution in [0.25, 0.3) is 11.2 Å². The van der Waals surface area contributed by atoms with Crippen LogP contribution < -0.4 is 4.90 Å². The molecule has 14 heteroatoms. The van der Waals surface area contributed by atoms with Crippen LogP contribution in [0.3, 0.4) is 0 Å². The standard InChI is InChI=1S/C22H21F6N8/c1-4-18-30-17-8-14(10-29-19(17)36(18)5-2)12-35(20-31-33-34(3)32-20)11-13-6-15(21(23,24)25)9-16(7-13)22(26,27)28/h6-9H,4-5,11-12H2,1-3H3. The number of halogens is 6. The fourth-order valence-electron chi connectivity index (χ4n) is 3.86. The maximum Gasteiger partial charge on any atom is 0.416 e. The number of hydrogen-bond acceptors (Lipinski definition) is 6. The minimum Gasteiger partial charge on any atom is -0.329 e. The summed E-state index contributed by atoms with van der Waals surface area (Å²) in [4.78, 5) is 11.5. The average molecular weight is 511 g/mol. The Balaban J connectivity index is 1.73. The first-order valence-electron chi connectivity index (χ1n) is 10.9. The molecule has 0 aliphatic carbocycles. The van der Waals surface area contributed by atoms with Gasteiger partial charge in [0.2, 0.25) is 0 Å². The third-order valence-corrected chi connectivity index (χ3v) is 5.46. The summed E-state index contributed by atoms with van der Waals surface area (Å²) in [5.74, 6) is 0.854. The van der Waals surface area contributed by atoms with E-state index in [1.807, 2.05) is 18.4 Å². The second-order valence-electron chi connectivity index (χ2n) is 8.08. The third kappa shape index (κ3) is 5.26. The van der Waals surface area contributed by atoms with Gasteiger partial charge in [-0.1, -0.05) is 12.0 Å². The van der Waals surface area contributed by atoms with Crippen LogP contribution in [-0.2, 0) is 45.5 Å². The Hall–Kier alpha value is -3.71. The summed E-state index contributed by atoms with van der Waals surface area (Å²) in [6, 6.07) is 3.18. The molecule has 3 heterocycles. The molecule has 0 saturated heterocycles. The van der Waals surface area contributed by atoms with Crippen LogP contribution in [0.5, 0.6) is 0 Å². The first-order valence-corrected chi connectivity index (χ1v) is 10.9. The van der Waals surface area contributed by atoms with E-state index in [0.717, 1.165) is 10.6 Å². The third-order valence-electron chi connectivity index (χ3n) is 5.46. The SMILES string of the molecule is CCc1nc2cc(CN(Cc3cc(C(F)(F)F)cc(C(F)(F)F)c3)c3nnn(C)n3)[c]nc2n1CC. The molecule has 1 radical (unpaired) electrons. The Morgan fingerprint density at radius 1 is 0.944 bits per heavy atom. The van der Waals surface area contributed by atoms with Crippen LogP contribution in [0, 0.1) is 6.20 Å². The number of aromatic nitrogens is 7. The number of pyridine rings is 1. The van der Waals surface area contributed by atoms with E-state index in [1.54, 1.807) is 6.07 Å². The van der Waals surface area contributed by atoms with Gasteiger partial charge in [-0.15, -0.1) is 5.10 Å². The summed E-state index contributed by atoms with van der Waals surface area (Å²) in [6.07, 6.45) is -6.33. The van der Waals surface area contributed by atoms with E-state index in [2.05, 4.69) is 31.6 Å². The van der Waals surface area contributed by atoms with Crippen LogP contribution in [-0.4, -0.2) is 34.7 Å².